The van der Waals surface area contributed by atoms with Crippen LogP contribution in [0.2, 0.25) is 0 Å². The van der Waals surface area contributed by atoms with Crippen molar-refractivity contribution in [2.45, 2.75) is 108 Å². The molecule has 10 heteroatoms. The van der Waals surface area contributed by atoms with Crippen LogP contribution in [0.15, 0.2) is 24.3 Å². The summed E-state index contributed by atoms with van der Waals surface area (Å²) in [5, 5.41) is 0. The van der Waals surface area contributed by atoms with Gasteiger partial charge in [0.25, 0.3) is 0 Å². The number of rotatable bonds is 8. The largest absolute Gasteiger partial charge is 0.459 e. The summed E-state index contributed by atoms with van der Waals surface area (Å²) >= 11 is 0. The first-order valence-electron chi connectivity index (χ1n) is 12.5. The normalized spacial score (nSPS) is 34.8. The minimum absolute atomic E-state index is 0.0108. The highest BCUT2D eigenvalue weighted by atomic mass is 16.6. The Morgan fingerprint density at radius 2 is 1.43 bits per heavy atom. The molecule has 0 aromatic heterocycles. The molecular formula is C27H34O10. The van der Waals surface area contributed by atoms with Crippen molar-refractivity contribution in [1.82, 2.24) is 0 Å². The lowest BCUT2D eigenvalue weighted by Gasteiger charge is -2.63. The number of ether oxygens (including phenoxy) is 5. The number of hydrogen-bond acceptors (Lipinski definition) is 10. The van der Waals surface area contributed by atoms with Gasteiger partial charge in [0.2, 0.25) is 0 Å². The zero-order chi connectivity index (χ0) is 27.4. The maximum Gasteiger partial charge on any atom is 0.334 e. The molecule has 5 aliphatic rings. The fraction of sp³-hybridized carbons (Fsp3) is 0.667. The molecule has 5 unspecified atom stereocenters. The zero-order valence-electron chi connectivity index (χ0n) is 21.8. The standard InChI is InChI=1S/C27H34O10/c1-15(2)22(31)37-27-11-18-9-25(13-27,34-17(4)28)12-26(10-18,14-27)36-20(29)7-16(3)23(32)33-19-8-21(30)35-24(19,5)6/h18-19H,1,3,7-14H2,2,4-6H3. The van der Waals surface area contributed by atoms with E-state index in [4.69, 9.17) is 23.7 Å². The molecule has 5 fully saturated rings. The topological polar surface area (TPSA) is 132 Å². The molecule has 4 bridgehead atoms. The van der Waals surface area contributed by atoms with Crippen LogP contribution in [0.3, 0.4) is 0 Å². The number of carbonyl (C=O) groups is 5. The SMILES string of the molecule is C=C(C)C(=O)OC12CC3CC(OC(C)=O)(CC(OC(=O)CC(=C)C(=O)OC4CC(=O)OC4(C)C)(C3)C1)C2. The molecule has 4 aliphatic carbocycles. The van der Waals surface area contributed by atoms with E-state index in [-0.39, 0.29) is 36.3 Å². The van der Waals surface area contributed by atoms with Crippen molar-refractivity contribution in [2.24, 2.45) is 5.92 Å². The lowest BCUT2D eigenvalue weighted by atomic mass is 9.50. The van der Waals surface area contributed by atoms with Crippen LogP contribution in [0.5, 0.6) is 0 Å². The molecule has 0 N–H and O–H groups in total. The van der Waals surface area contributed by atoms with Gasteiger partial charge < -0.3 is 23.7 Å². The lowest BCUT2D eigenvalue weighted by Crippen LogP contribution is -2.68. The number of hydrogen-bond donors (Lipinski definition) is 0. The van der Waals surface area contributed by atoms with Crippen LogP contribution in [0.25, 0.3) is 0 Å². The molecule has 5 atom stereocenters. The highest BCUT2D eigenvalue weighted by Gasteiger charge is 2.68. The molecule has 202 valence electrons. The summed E-state index contributed by atoms with van der Waals surface area (Å²) in [5.74, 6) is -2.98. The van der Waals surface area contributed by atoms with Gasteiger partial charge in [-0.2, -0.15) is 0 Å². The van der Waals surface area contributed by atoms with Gasteiger partial charge in [-0.05, 0) is 46.0 Å². The maximum atomic E-state index is 13.0. The molecule has 10 nitrogen and oxygen atoms in total. The molecule has 0 spiro atoms. The van der Waals surface area contributed by atoms with Gasteiger partial charge in [-0.25, -0.2) is 9.59 Å². The van der Waals surface area contributed by atoms with Crippen LogP contribution in [-0.4, -0.2) is 58.4 Å². The summed E-state index contributed by atoms with van der Waals surface area (Å²) < 4.78 is 28.2. The van der Waals surface area contributed by atoms with Gasteiger partial charge in [0, 0.05) is 37.3 Å². The van der Waals surface area contributed by atoms with E-state index < -0.39 is 64.8 Å². The predicted octanol–water partition coefficient (Wildman–Crippen LogP) is 3.01. The van der Waals surface area contributed by atoms with E-state index in [0.29, 0.717) is 25.7 Å². The van der Waals surface area contributed by atoms with Crippen molar-refractivity contribution in [2.75, 3.05) is 0 Å². The number of carbonyl (C=O) groups excluding carboxylic acids is 5. The van der Waals surface area contributed by atoms with Gasteiger partial charge in [-0.1, -0.05) is 13.2 Å². The summed E-state index contributed by atoms with van der Waals surface area (Å²) in [7, 11) is 0. The Morgan fingerprint density at radius 3 is 1.92 bits per heavy atom. The summed E-state index contributed by atoms with van der Waals surface area (Å²) in [6.45, 7) is 13.5. The minimum Gasteiger partial charge on any atom is -0.459 e. The van der Waals surface area contributed by atoms with E-state index in [9.17, 15) is 24.0 Å². The average molecular weight is 519 g/mol. The van der Waals surface area contributed by atoms with E-state index in [1.807, 2.05) is 0 Å². The second-order valence-corrected chi connectivity index (χ2v) is 11.8. The Kier molecular flexibility index (Phi) is 6.53. The summed E-state index contributed by atoms with van der Waals surface area (Å²) in [6.07, 6.45) is 1.26. The first-order chi connectivity index (χ1) is 17.1. The molecule has 1 aliphatic heterocycles. The van der Waals surface area contributed by atoms with E-state index in [2.05, 4.69) is 13.2 Å². The monoisotopic (exact) mass is 518 g/mol. The molecule has 0 aromatic rings. The molecule has 1 heterocycles. The van der Waals surface area contributed by atoms with Gasteiger partial charge in [0.1, 0.15) is 22.4 Å². The Bertz CT molecular complexity index is 1090. The molecule has 1 saturated heterocycles. The van der Waals surface area contributed by atoms with Crippen LogP contribution in [0.4, 0.5) is 0 Å². The Hall–Kier alpha value is -3.17. The van der Waals surface area contributed by atoms with Crippen molar-refractivity contribution in [3.8, 4) is 0 Å². The third kappa shape index (κ3) is 5.43. The second kappa shape index (κ2) is 8.99. The molecule has 4 saturated carbocycles. The summed E-state index contributed by atoms with van der Waals surface area (Å²) in [5.41, 5.74) is -3.76. The zero-order valence-corrected chi connectivity index (χ0v) is 21.8. The highest BCUT2D eigenvalue weighted by Crippen LogP contribution is 2.63. The molecule has 0 aromatic carbocycles. The minimum atomic E-state index is -1.03. The molecule has 0 amide bonds. The third-order valence-corrected chi connectivity index (χ3v) is 7.66. The molecule has 0 radical (unpaired) electrons. The number of esters is 5. The first-order valence-corrected chi connectivity index (χ1v) is 12.5. The van der Waals surface area contributed by atoms with E-state index in [0.717, 1.165) is 0 Å². The molecular weight excluding hydrogens is 484 g/mol. The van der Waals surface area contributed by atoms with Gasteiger partial charge >= 0.3 is 29.8 Å². The van der Waals surface area contributed by atoms with Crippen molar-refractivity contribution in [3.05, 3.63) is 24.3 Å². The smallest absolute Gasteiger partial charge is 0.334 e. The van der Waals surface area contributed by atoms with Crippen molar-refractivity contribution < 1.29 is 47.7 Å². The van der Waals surface area contributed by atoms with Crippen LogP contribution in [-0.2, 0) is 47.7 Å². The van der Waals surface area contributed by atoms with Gasteiger partial charge in [0.05, 0.1) is 12.8 Å². The van der Waals surface area contributed by atoms with Crippen molar-refractivity contribution in [1.29, 1.82) is 0 Å². The van der Waals surface area contributed by atoms with Crippen molar-refractivity contribution in [3.63, 3.8) is 0 Å². The van der Waals surface area contributed by atoms with Crippen molar-refractivity contribution >= 4 is 29.8 Å². The first kappa shape index (κ1) is 26.9. The highest BCUT2D eigenvalue weighted by molar-refractivity contribution is 5.93. The fourth-order valence-corrected chi connectivity index (χ4v) is 6.82. The van der Waals surface area contributed by atoms with Crippen LogP contribution >= 0.6 is 0 Å². The van der Waals surface area contributed by atoms with Gasteiger partial charge in [-0.15, -0.1) is 0 Å². The van der Waals surface area contributed by atoms with Crippen LogP contribution in [0.1, 0.15) is 79.1 Å². The van der Waals surface area contributed by atoms with E-state index in [1.54, 1.807) is 20.8 Å². The average Bonchev–Trinajstić information content (AvgIpc) is 2.95. The van der Waals surface area contributed by atoms with E-state index >= 15 is 0 Å². The number of cyclic esters (lactones) is 1. The van der Waals surface area contributed by atoms with E-state index in [1.165, 1.54) is 6.92 Å². The van der Waals surface area contributed by atoms with Crippen LogP contribution in [0, 0.1) is 5.92 Å². The van der Waals surface area contributed by atoms with Crippen LogP contribution < -0.4 is 0 Å². The Morgan fingerprint density at radius 1 is 0.892 bits per heavy atom. The Balaban J connectivity index is 1.47. The molecule has 5 rings (SSSR count). The van der Waals surface area contributed by atoms with Gasteiger partial charge in [0.15, 0.2) is 6.10 Å². The Labute approximate surface area is 215 Å². The second-order valence-electron chi connectivity index (χ2n) is 11.8. The lowest BCUT2D eigenvalue weighted by molar-refractivity contribution is -0.271. The third-order valence-electron chi connectivity index (χ3n) is 7.66. The fourth-order valence-electron chi connectivity index (χ4n) is 6.82. The quantitative estimate of drug-likeness (QED) is 0.268. The van der Waals surface area contributed by atoms with Gasteiger partial charge in [-0.3, -0.25) is 14.4 Å². The predicted molar refractivity (Wildman–Crippen MR) is 127 cm³/mol. The maximum absolute atomic E-state index is 13.0. The molecule has 37 heavy (non-hydrogen) atoms. The summed E-state index contributed by atoms with van der Waals surface area (Å²) in [6, 6.07) is 0. The summed E-state index contributed by atoms with van der Waals surface area (Å²) in [4.78, 5) is 61.7.